The zero-order chi connectivity index (χ0) is 30.2. The molecular formula is C30H38N6O6. The molecular weight excluding hydrogens is 540 g/mol. The normalized spacial score (nSPS) is 19.6. The Bertz CT molecular complexity index is 1290. The van der Waals surface area contributed by atoms with Crippen LogP contribution >= 0.6 is 0 Å². The van der Waals surface area contributed by atoms with Gasteiger partial charge in [-0.25, -0.2) is 0 Å². The first kappa shape index (κ1) is 30.5. The van der Waals surface area contributed by atoms with Crippen LogP contribution in [0.25, 0.3) is 0 Å². The van der Waals surface area contributed by atoms with E-state index in [4.69, 9.17) is 11.5 Å². The van der Waals surface area contributed by atoms with Crippen molar-refractivity contribution in [2.45, 2.75) is 62.7 Å². The smallest absolute Gasteiger partial charge is 0.246 e. The van der Waals surface area contributed by atoms with Crippen LogP contribution in [0.1, 0.15) is 36.8 Å². The van der Waals surface area contributed by atoms with Crippen molar-refractivity contribution >= 4 is 29.5 Å². The van der Waals surface area contributed by atoms with Gasteiger partial charge in [-0.2, -0.15) is 0 Å². The third-order valence-corrected chi connectivity index (χ3v) is 7.72. The van der Waals surface area contributed by atoms with Crippen molar-refractivity contribution in [1.82, 2.24) is 20.4 Å². The highest BCUT2D eigenvalue weighted by molar-refractivity contribution is 5.96. The number of nitrogens with zero attached hydrogens (tertiary/aromatic N) is 2. The number of benzene rings is 2. The van der Waals surface area contributed by atoms with E-state index in [9.17, 15) is 29.1 Å². The van der Waals surface area contributed by atoms with E-state index < -0.39 is 47.8 Å². The summed E-state index contributed by atoms with van der Waals surface area (Å²) < 4.78 is 0. The molecule has 0 saturated carbocycles. The first-order valence-corrected chi connectivity index (χ1v) is 14.2. The van der Waals surface area contributed by atoms with Crippen LogP contribution < -0.4 is 22.1 Å². The minimum atomic E-state index is -0.979. The van der Waals surface area contributed by atoms with E-state index in [0.29, 0.717) is 38.8 Å². The molecule has 2 aromatic carbocycles. The first-order valence-electron chi connectivity index (χ1n) is 14.2. The minimum absolute atomic E-state index is 0.112. The fraction of sp³-hybridized carbons (Fsp3) is 0.433. The van der Waals surface area contributed by atoms with Gasteiger partial charge in [-0.05, 0) is 55.4 Å². The topological polar surface area (TPSA) is 188 Å². The SMILES string of the molecule is NC(=O)CNC(=O)[C@@H]1CCCN1C(=O)[C@H](Cc1ccccc1)NC(=O)[C@@H]1CCCN1C(=O)[C@@H](N)Cc1ccc(O)cc1. The second-order valence-corrected chi connectivity index (χ2v) is 10.8. The summed E-state index contributed by atoms with van der Waals surface area (Å²) in [6.45, 7) is 0.364. The summed E-state index contributed by atoms with van der Waals surface area (Å²) in [5.74, 6) is -2.28. The Hall–Kier alpha value is -4.45. The van der Waals surface area contributed by atoms with Gasteiger partial charge in [0.1, 0.15) is 23.9 Å². The second kappa shape index (κ2) is 13.9. The molecule has 0 spiro atoms. The van der Waals surface area contributed by atoms with E-state index in [-0.39, 0.29) is 31.0 Å². The Balaban J connectivity index is 1.47. The van der Waals surface area contributed by atoms with E-state index in [1.807, 2.05) is 30.3 Å². The third kappa shape index (κ3) is 7.64. The molecule has 4 atom stereocenters. The van der Waals surface area contributed by atoms with Crippen molar-refractivity contribution in [2.24, 2.45) is 11.5 Å². The Morgan fingerprint density at radius 3 is 2.00 bits per heavy atom. The summed E-state index contributed by atoms with van der Waals surface area (Å²) in [5.41, 5.74) is 13.0. The molecule has 2 aliphatic rings. The van der Waals surface area contributed by atoms with Gasteiger partial charge in [0.25, 0.3) is 0 Å². The molecule has 2 aliphatic heterocycles. The number of carbonyl (C=O) groups excluding carboxylic acids is 5. The van der Waals surface area contributed by atoms with Crippen molar-refractivity contribution in [2.75, 3.05) is 19.6 Å². The van der Waals surface area contributed by atoms with Gasteiger partial charge in [-0.1, -0.05) is 42.5 Å². The van der Waals surface area contributed by atoms with Crippen molar-refractivity contribution < 1.29 is 29.1 Å². The van der Waals surface area contributed by atoms with Gasteiger partial charge in [0.15, 0.2) is 0 Å². The number of carbonyl (C=O) groups is 5. The van der Waals surface area contributed by atoms with Gasteiger partial charge in [-0.3, -0.25) is 24.0 Å². The number of nitrogens with two attached hydrogens (primary N) is 2. The molecule has 224 valence electrons. The first-order chi connectivity index (χ1) is 20.1. The number of rotatable bonds is 11. The van der Waals surface area contributed by atoms with E-state index in [1.54, 1.807) is 12.1 Å². The van der Waals surface area contributed by atoms with Gasteiger partial charge in [0.2, 0.25) is 29.5 Å². The third-order valence-electron chi connectivity index (χ3n) is 7.72. The van der Waals surface area contributed by atoms with Crippen LogP contribution in [0.2, 0.25) is 0 Å². The Morgan fingerprint density at radius 1 is 0.810 bits per heavy atom. The predicted molar refractivity (Wildman–Crippen MR) is 154 cm³/mol. The molecule has 2 aromatic rings. The Labute approximate surface area is 244 Å². The van der Waals surface area contributed by atoms with E-state index in [0.717, 1.165) is 11.1 Å². The standard InChI is InChI=1S/C30H38N6O6/c31-22(16-20-10-12-21(37)13-11-20)29(41)35-14-5-9-25(35)28(40)34-23(17-19-6-2-1-3-7-19)30(42)36-15-4-8-24(36)27(39)33-18-26(32)38/h1-3,6-7,10-13,22-25,37H,4-5,8-9,14-18,31H2,(H2,32,38)(H,33,39)(H,34,40)/t22-,23-,24-,25-/m0/s1. The highest BCUT2D eigenvalue weighted by Gasteiger charge is 2.41. The lowest BCUT2D eigenvalue weighted by Crippen LogP contribution is -2.58. The van der Waals surface area contributed by atoms with Crippen LogP contribution in [0.4, 0.5) is 0 Å². The van der Waals surface area contributed by atoms with Crippen molar-refractivity contribution in [1.29, 1.82) is 0 Å². The molecule has 2 heterocycles. The van der Waals surface area contributed by atoms with Crippen LogP contribution in [0.15, 0.2) is 54.6 Å². The van der Waals surface area contributed by atoms with Crippen molar-refractivity contribution in [3.8, 4) is 5.75 Å². The molecule has 0 radical (unpaired) electrons. The molecule has 0 aliphatic carbocycles. The summed E-state index contributed by atoms with van der Waals surface area (Å²) in [7, 11) is 0. The Kier molecular flexibility index (Phi) is 10.1. The Morgan fingerprint density at radius 2 is 1.38 bits per heavy atom. The van der Waals surface area contributed by atoms with Gasteiger partial charge in [0.05, 0.1) is 12.6 Å². The quantitative estimate of drug-likeness (QED) is 0.239. The summed E-state index contributed by atoms with van der Waals surface area (Å²) in [6, 6.07) is 12.2. The lowest BCUT2D eigenvalue weighted by atomic mass is 10.0. The molecule has 4 rings (SSSR count). The highest BCUT2D eigenvalue weighted by Crippen LogP contribution is 2.22. The second-order valence-electron chi connectivity index (χ2n) is 10.8. The molecule has 2 fully saturated rings. The highest BCUT2D eigenvalue weighted by atomic mass is 16.3. The number of likely N-dealkylation sites (tertiary alicyclic amines) is 2. The molecule has 2 saturated heterocycles. The number of aromatic hydroxyl groups is 1. The van der Waals surface area contributed by atoms with Crippen LogP contribution in [-0.4, -0.2) is 88.2 Å². The van der Waals surface area contributed by atoms with E-state index >= 15 is 0 Å². The van der Waals surface area contributed by atoms with Crippen LogP contribution in [-0.2, 0) is 36.8 Å². The van der Waals surface area contributed by atoms with E-state index in [2.05, 4.69) is 10.6 Å². The summed E-state index contributed by atoms with van der Waals surface area (Å²) in [4.78, 5) is 67.5. The molecule has 12 nitrogen and oxygen atoms in total. The summed E-state index contributed by atoms with van der Waals surface area (Å²) in [6.07, 6.45) is 2.49. The number of phenols is 1. The maximum Gasteiger partial charge on any atom is 0.246 e. The molecule has 5 amide bonds. The maximum absolute atomic E-state index is 13.8. The molecule has 0 bridgehead atoms. The number of nitrogens with one attached hydrogen (secondary N) is 2. The fourth-order valence-electron chi connectivity index (χ4n) is 5.60. The van der Waals surface area contributed by atoms with Gasteiger partial charge >= 0.3 is 0 Å². The number of amides is 5. The van der Waals surface area contributed by atoms with Gasteiger partial charge in [0, 0.05) is 19.5 Å². The van der Waals surface area contributed by atoms with E-state index in [1.165, 1.54) is 21.9 Å². The number of primary amides is 1. The lowest BCUT2D eigenvalue weighted by molar-refractivity contribution is -0.143. The average Bonchev–Trinajstić information content (AvgIpc) is 3.67. The maximum atomic E-state index is 13.8. The largest absolute Gasteiger partial charge is 0.508 e. The fourth-order valence-corrected chi connectivity index (χ4v) is 5.60. The molecule has 7 N–H and O–H groups in total. The minimum Gasteiger partial charge on any atom is -0.508 e. The molecule has 0 unspecified atom stereocenters. The summed E-state index contributed by atoms with van der Waals surface area (Å²) >= 11 is 0. The van der Waals surface area contributed by atoms with Crippen LogP contribution in [0.5, 0.6) is 5.75 Å². The monoisotopic (exact) mass is 578 g/mol. The van der Waals surface area contributed by atoms with Crippen LogP contribution in [0.3, 0.4) is 0 Å². The molecule has 0 aromatic heterocycles. The molecule has 42 heavy (non-hydrogen) atoms. The number of hydrogen-bond donors (Lipinski definition) is 5. The predicted octanol–water partition coefficient (Wildman–Crippen LogP) is -0.427. The lowest BCUT2D eigenvalue weighted by Gasteiger charge is -2.31. The zero-order valence-electron chi connectivity index (χ0n) is 23.4. The number of phenolic OH excluding ortho intramolecular Hbond substituents is 1. The van der Waals surface area contributed by atoms with Gasteiger partial charge < -0.3 is 37.0 Å². The summed E-state index contributed by atoms with van der Waals surface area (Å²) in [5, 5.41) is 14.9. The van der Waals surface area contributed by atoms with Crippen molar-refractivity contribution in [3.05, 3.63) is 65.7 Å². The van der Waals surface area contributed by atoms with Crippen LogP contribution in [0, 0.1) is 0 Å². The number of hydrogen-bond acceptors (Lipinski definition) is 7. The van der Waals surface area contributed by atoms with Crippen molar-refractivity contribution in [3.63, 3.8) is 0 Å². The average molecular weight is 579 g/mol. The zero-order valence-corrected chi connectivity index (χ0v) is 23.4. The molecule has 12 heteroatoms. The van der Waals surface area contributed by atoms with Gasteiger partial charge in [-0.15, -0.1) is 0 Å².